The first-order valence-electron chi connectivity index (χ1n) is 3.38. The maximum absolute atomic E-state index is 11.7. The normalized spacial score (nSPS) is 27.3. The summed E-state index contributed by atoms with van der Waals surface area (Å²) in [5.41, 5.74) is 0. The van der Waals surface area contributed by atoms with Gasteiger partial charge in [0.2, 0.25) is 6.43 Å². The van der Waals surface area contributed by atoms with Gasteiger partial charge in [0.1, 0.15) is 0 Å². The van der Waals surface area contributed by atoms with Gasteiger partial charge in [-0.15, -0.1) is 0 Å². The quantitative estimate of drug-likeness (QED) is 0.625. The topological polar surface area (TPSA) is 21.3 Å². The van der Waals surface area contributed by atoms with Crippen molar-refractivity contribution in [2.24, 2.45) is 0 Å². The summed E-state index contributed by atoms with van der Waals surface area (Å²) in [6, 6.07) is -0.145. The molecule has 0 unspecified atom stereocenters. The minimum absolute atomic E-state index is 0.0972. The maximum atomic E-state index is 11.7. The highest BCUT2D eigenvalue weighted by molar-refractivity contribution is 4.70. The first-order valence-corrected chi connectivity index (χ1v) is 3.38. The van der Waals surface area contributed by atoms with Crippen LogP contribution in [0.1, 0.15) is 6.42 Å². The first-order chi connectivity index (χ1) is 4.79. The zero-order chi connectivity index (χ0) is 7.40. The fourth-order valence-electron chi connectivity index (χ4n) is 0.986. The van der Waals surface area contributed by atoms with Gasteiger partial charge < -0.3 is 10.1 Å². The molecule has 1 fully saturated rings. The number of hydrogen-bond donors (Lipinski definition) is 1. The van der Waals surface area contributed by atoms with Crippen LogP contribution in [0.4, 0.5) is 8.78 Å². The fourth-order valence-corrected chi connectivity index (χ4v) is 0.986. The van der Waals surface area contributed by atoms with Gasteiger partial charge in [0, 0.05) is 19.0 Å². The maximum Gasteiger partial charge on any atom is 0.240 e. The van der Waals surface area contributed by atoms with Crippen LogP contribution in [-0.2, 0) is 4.74 Å². The van der Waals surface area contributed by atoms with Crippen LogP contribution in [0.5, 0.6) is 0 Å². The third kappa shape index (κ3) is 2.58. The first kappa shape index (κ1) is 7.88. The zero-order valence-electron chi connectivity index (χ0n) is 5.65. The molecule has 0 aromatic carbocycles. The minimum atomic E-state index is -2.22. The number of rotatable bonds is 2. The Labute approximate surface area is 58.6 Å². The largest absolute Gasteiger partial charge is 0.379 e. The summed E-state index contributed by atoms with van der Waals surface area (Å²) < 4.78 is 28.4. The van der Waals surface area contributed by atoms with Gasteiger partial charge in [-0.2, -0.15) is 0 Å². The van der Waals surface area contributed by atoms with E-state index in [1.165, 1.54) is 0 Å². The number of alkyl halides is 2. The van der Waals surface area contributed by atoms with E-state index in [9.17, 15) is 8.78 Å². The van der Waals surface area contributed by atoms with E-state index in [-0.39, 0.29) is 12.5 Å². The summed E-state index contributed by atoms with van der Waals surface area (Å²) >= 11 is 0. The second kappa shape index (κ2) is 3.83. The summed E-state index contributed by atoms with van der Waals surface area (Å²) in [6.07, 6.45) is -2.32. The van der Waals surface area contributed by atoms with Gasteiger partial charge in [0.05, 0.1) is 13.2 Å². The Bertz CT molecular complexity index is 93.7. The van der Waals surface area contributed by atoms with Crippen LogP contribution in [0, 0.1) is 0 Å². The molecule has 1 aliphatic rings. The number of nitrogens with one attached hydrogen (secondary N) is 1. The molecule has 1 rings (SSSR count). The van der Waals surface area contributed by atoms with Crippen molar-refractivity contribution < 1.29 is 13.5 Å². The van der Waals surface area contributed by atoms with Crippen molar-refractivity contribution in [3.8, 4) is 0 Å². The minimum Gasteiger partial charge on any atom is -0.379 e. The molecule has 0 bridgehead atoms. The molecule has 10 heavy (non-hydrogen) atoms. The molecule has 0 spiro atoms. The Morgan fingerprint density at radius 2 is 2.40 bits per heavy atom. The monoisotopic (exact) mass is 151 g/mol. The lowest BCUT2D eigenvalue weighted by atomic mass is 10.2. The molecule has 0 radical (unpaired) electrons. The Morgan fingerprint density at radius 3 is 2.90 bits per heavy atom. The van der Waals surface area contributed by atoms with Gasteiger partial charge in [-0.05, 0) is 0 Å². The molecule has 0 amide bonds. The molecule has 1 N–H and O–H groups in total. The lowest BCUT2D eigenvalue weighted by molar-refractivity contribution is 0.0434. The van der Waals surface area contributed by atoms with Gasteiger partial charge in [0.25, 0.3) is 0 Å². The number of hydrogen-bond acceptors (Lipinski definition) is 2. The Kier molecular flexibility index (Phi) is 3.02. The predicted molar refractivity (Wildman–Crippen MR) is 33.2 cm³/mol. The van der Waals surface area contributed by atoms with Gasteiger partial charge in [-0.25, -0.2) is 8.78 Å². The molecule has 1 saturated heterocycles. The van der Waals surface area contributed by atoms with E-state index in [4.69, 9.17) is 4.74 Å². The Balaban J connectivity index is 2.13. The molecular formula is C6H11F2NO. The molecule has 1 heterocycles. The van der Waals surface area contributed by atoms with Crippen molar-refractivity contribution in [1.82, 2.24) is 5.32 Å². The summed E-state index contributed by atoms with van der Waals surface area (Å²) in [7, 11) is 0. The van der Waals surface area contributed by atoms with Crippen LogP contribution in [0.3, 0.4) is 0 Å². The smallest absolute Gasteiger partial charge is 0.240 e. The van der Waals surface area contributed by atoms with Crippen LogP contribution in [-0.4, -0.2) is 32.2 Å². The summed E-state index contributed by atoms with van der Waals surface area (Å²) in [6.45, 7) is 1.75. The SMILES string of the molecule is FC(F)C[C@@H]1COCCN1. The standard InChI is InChI=1S/C6H11F2NO/c7-6(8)3-5-4-10-2-1-9-5/h5-6,9H,1-4H2/t5-/m1/s1. The molecule has 60 valence electrons. The Hall–Kier alpha value is -0.220. The fraction of sp³-hybridized carbons (Fsp3) is 1.00. The molecule has 2 nitrogen and oxygen atoms in total. The van der Waals surface area contributed by atoms with Gasteiger partial charge >= 0.3 is 0 Å². The molecule has 0 aromatic heterocycles. The average Bonchev–Trinajstić information content (AvgIpc) is 1.88. The lowest BCUT2D eigenvalue weighted by Gasteiger charge is -2.23. The van der Waals surface area contributed by atoms with Crippen molar-refractivity contribution in [1.29, 1.82) is 0 Å². The summed E-state index contributed by atoms with van der Waals surface area (Å²) in [5, 5.41) is 2.95. The lowest BCUT2D eigenvalue weighted by Crippen LogP contribution is -2.42. The number of ether oxygens (including phenoxy) is 1. The second-order valence-corrected chi connectivity index (χ2v) is 2.35. The van der Waals surface area contributed by atoms with E-state index < -0.39 is 6.43 Å². The van der Waals surface area contributed by atoms with E-state index >= 15 is 0 Å². The highest BCUT2D eigenvalue weighted by Gasteiger charge is 2.17. The predicted octanol–water partition coefficient (Wildman–Crippen LogP) is 0.630. The van der Waals surface area contributed by atoms with Crippen molar-refractivity contribution >= 4 is 0 Å². The molecule has 0 saturated carbocycles. The van der Waals surface area contributed by atoms with E-state index in [1.807, 2.05) is 0 Å². The van der Waals surface area contributed by atoms with Crippen molar-refractivity contribution in [3.05, 3.63) is 0 Å². The molecule has 1 atom stereocenters. The highest BCUT2D eigenvalue weighted by Crippen LogP contribution is 2.05. The Morgan fingerprint density at radius 1 is 1.60 bits per heavy atom. The summed E-state index contributed by atoms with van der Waals surface area (Å²) in [4.78, 5) is 0. The third-order valence-electron chi connectivity index (χ3n) is 1.46. The zero-order valence-corrected chi connectivity index (χ0v) is 5.65. The summed E-state index contributed by atoms with van der Waals surface area (Å²) in [5.74, 6) is 0. The van der Waals surface area contributed by atoms with Crippen molar-refractivity contribution in [3.63, 3.8) is 0 Å². The van der Waals surface area contributed by atoms with Crippen LogP contribution < -0.4 is 5.32 Å². The third-order valence-corrected chi connectivity index (χ3v) is 1.46. The van der Waals surface area contributed by atoms with Gasteiger partial charge in [0.15, 0.2) is 0 Å². The highest BCUT2D eigenvalue weighted by atomic mass is 19.3. The molecule has 0 aromatic rings. The van der Waals surface area contributed by atoms with Crippen LogP contribution in [0.2, 0.25) is 0 Å². The van der Waals surface area contributed by atoms with Gasteiger partial charge in [-0.3, -0.25) is 0 Å². The second-order valence-electron chi connectivity index (χ2n) is 2.35. The molecular weight excluding hydrogens is 140 g/mol. The van der Waals surface area contributed by atoms with E-state index in [0.29, 0.717) is 19.8 Å². The number of morpholine rings is 1. The van der Waals surface area contributed by atoms with Crippen LogP contribution in [0.15, 0.2) is 0 Å². The van der Waals surface area contributed by atoms with E-state index in [2.05, 4.69) is 5.32 Å². The van der Waals surface area contributed by atoms with Crippen molar-refractivity contribution in [2.45, 2.75) is 18.9 Å². The van der Waals surface area contributed by atoms with Crippen LogP contribution >= 0.6 is 0 Å². The van der Waals surface area contributed by atoms with E-state index in [1.54, 1.807) is 0 Å². The number of halogens is 2. The van der Waals surface area contributed by atoms with E-state index in [0.717, 1.165) is 0 Å². The molecule has 0 aliphatic carbocycles. The van der Waals surface area contributed by atoms with Gasteiger partial charge in [-0.1, -0.05) is 0 Å². The average molecular weight is 151 g/mol. The van der Waals surface area contributed by atoms with Crippen molar-refractivity contribution in [2.75, 3.05) is 19.8 Å². The molecule has 4 heteroatoms. The van der Waals surface area contributed by atoms with Crippen LogP contribution in [0.25, 0.3) is 0 Å². The molecule has 1 aliphatic heterocycles.